The fourth-order valence-corrected chi connectivity index (χ4v) is 10.9. The van der Waals surface area contributed by atoms with Crippen LogP contribution in [-0.4, -0.2) is 123 Å². The predicted octanol–water partition coefficient (Wildman–Crippen LogP) is 11.7. The van der Waals surface area contributed by atoms with Crippen LogP contribution in [0.3, 0.4) is 0 Å². The lowest BCUT2D eigenvalue weighted by Crippen LogP contribution is -2.42. The summed E-state index contributed by atoms with van der Waals surface area (Å²) in [6.45, 7) is 1.30. The second-order valence-electron chi connectivity index (χ2n) is 20.8. The van der Waals surface area contributed by atoms with E-state index in [0.29, 0.717) is 53.9 Å². The zero-order valence-electron chi connectivity index (χ0n) is 49.8. The van der Waals surface area contributed by atoms with Crippen LogP contribution in [0.15, 0.2) is 97.1 Å². The van der Waals surface area contributed by atoms with Gasteiger partial charge in [-0.1, -0.05) is 125 Å². The molecule has 2 unspecified atom stereocenters. The van der Waals surface area contributed by atoms with Crippen molar-refractivity contribution in [3.05, 3.63) is 142 Å². The summed E-state index contributed by atoms with van der Waals surface area (Å²) in [7, 11) is 5.32. The first kappa shape index (κ1) is 73.7. The van der Waals surface area contributed by atoms with Gasteiger partial charge < -0.3 is 53.6 Å². The number of aliphatic carboxylic acids is 2. The standard InChI is InChI=1S/C20H26O5.C15H18O5.C15H18O4.C10H10O4.C5H10Br2.H2O/c1-23-18(21)15-8-10-16(11-9-15)20(12-4-2-5-13-20)19(22)25-17-7-3-6-14-24-17;1-18-15(17)12-7-5-11(6-8-12)10-13(16)20-14-4-2-3-9-19-14;1-19-13(16)11-5-7-12(8-6-11)15(14(17)18)9-3-2-4-10-15;1-14-10(13)8-4-2-7(3-5-8)6-9(11)12;6-4-2-1-3-5-7;/h8-11,17H,2-7,12-14H2,1H3;5-8,14H,2-4,9-10H2,1H3;5-8H,2-4,9-10H2,1H3,(H,17,18);2-5H,6H2,1H3,(H,11,12);1-5H2;1H2/p+1. The van der Waals surface area contributed by atoms with E-state index >= 15 is 0 Å². The van der Waals surface area contributed by atoms with Crippen LogP contribution in [0.1, 0.15) is 186 Å². The molecule has 0 amide bonds. The molecule has 8 rings (SSSR count). The molecule has 86 heavy (non-hydrogen) atoms. The average molecular weight is 1330 g/mol. The zero-order valence-corrected chi connectivity index (χ0v) is 53.0. The molecule has 0 aromatic heterocycles. The predicted molar refractivity (Wildman–Crippen MR) is 329 cm³/mol. The Labute approximate surface area is 521 Å². The van der Waals surface area contributed by atoms with Gasteiger partial charge in [0.15, 0.2) is 0 Å². The number of halogens is 2. The van der Waals surface area contributed by atoms with Crippen molar-refractivity contribution >= 4 is 79.6 Å². The number of methoxy groups -OCH3 is 4. The number of rotatable bonds is 18. The van der Waals surface area contributed by atoms with Crippen LogP contribution in [0.2, 0.25) is 0 Å². The second-order valence-corrected chi connectivity index (χ2v) is 22.4. The third-order valence-electron chi connectivity index (χ3n) is 14.9. The third kappa shape index (κ3) is 24.0. The number of alkyl halides is 2. The Morgan fingerprint density at radius 1 is 0.453 bits per heavy atom. The van der Waals surface area contributed by atoms with Crippen molar-refractivity contribution in [1.82, 2.24) is 0 Å². The number of carboxylic acid groups (broad SMARTS) is 2. The minimum Gasteiger partial charge on any atom is -0.481 e. The molecule has 2 heterocycles. The van der Waals surface area contributed by atoms with Gasteiger partial charge in [-0.3, -0.25) is 19.2 Å². The molecular formula is C65H85Br2O19+. The Bertz CT molecular complexity index is 2690. The first-order valence-corrected chi connectivity index (χ1v) is 31.2. The second kappa shape index (κ2) is 40.0. The normalized spacial score (nSPS) is 17.1. The van der Waals surface area contributed by atoms with E-state index in [0.717, 1.165) is 117 Å². The van der Waals surface area contributed by atoms with Crippen molar-refractivity contribution in [2.45, 2.75) is 158 Å². The number of carboxylic acids is 2. The molecule has 5 N–H and O–H groups in total. The van der Waals surface area contributed by atoms with E-state index in [2.05, 4.69) is 46.1 Å². The van der Waals surface area contributed by atoms with Gasteiger partial charge in [0.05, 0.1) is 87.6 Å². The van der Waals surface area contributed by atoms with Gasteiger partial charge in [0.2, 0.25) is 12.6 Å². The quantitative estimate of drug-likeness (QED) is 0.0308. The molecule has 21 heteroatoms. The Kier molecular flexibility index (Phi) is 34.3. The Morgan fingerprint density at radius 2 is 0.802 bits per heavy atom. The summed E-state index contributed by atoms with van der Waals surface area (Å²) < 4.78 is 40.4. The molecular weight excluding hydrogens is 1240 g/mol. The number of benzene rings is 4. The highest BCUT2D eigenvalue weighted by atomic mass is 79.9. The van der Waals surface area contributed by atoms with Gasteiger partial charge in [0, 0.05) is 23.5 Å². The number of hydrogen-bond acceptors (Lipinski definition) is 16. The van der Waals surface area contributed by atoms with Gasteiger partial charge in [0.1, 0.15) is 0 Å². The molecule has 2 saturated heterocycles. The van der Waals surface area contributed by atoms with Gasteiger partial charge in [-0.15, -0.1) is 0 Å². The van der Waals surface area contributed by atoms with Crippen LogP contribution in [0.25, 0.3) is 0 Å². The number of unbranched alkanes of at least 4 members (excludes halogenated alkanes) is 2. The van der Waals surface area contributed by atoms with Crippen LogP contribution >= 0.6 is 31.9 Å². The van der Waals surface area contributed by atoms with E-state index < -0.39 is 53.3 Å². The fourth-order valence-electron chi connectivity index (χ4n) is 10.1. The maximum Gasteiger partial charge on any atom is 0.337 e. The topological polar surface area (TPSA) is 284 Å². The summed E-state index contributed by atoms with van der Waals surface area (Å²) in [5.41, 5.74) is 3.54. The number of hydrogen-bond donors (Lipinski definition) is 2. The zero-order chi connectivity index (χ0) is 62.0. The van der Waals surface area contributed by atoms with Crippen LogP contribution < -0.4 is 0 Å². The maximum atomic E-state index is 13.1. The summed E-state index contributed by atoms with van der Waals surface area (Å²) >= 11 is 6.73. The van der Waals surface area contributed by atoms with Crippen LogP contribution in [0.5, 0.6) is 0 Å². The molecule has 0 radical (unpaired) electrons. The van der Waals surface area contributed by atoms with Crippen LogP contribution in [-0.2, 0) is 86.2 Å². The summed E-state index contributed by atoms with van der Waals surface area (Å²) in [4.78, 5) is 92.2. The van der Waals surface area contributed by atoms with E-state index in [9.17, 15) is 43.5 Å². The van der Waals surface area contributed by atoms with Crippen molar-refractivity contribution in [2.75, 3.05) is 52.3 Å². The number of ether oxygens (including phenoxy) is 8. The van der Waals surface area contributed by atoms with E-state index in [1.54, 1.807) is 84.9 Å². The summed E-state index contributed by atoms with van der Waals surface area (Å²) in [6, 6.07) is 26.9. The molecule has 2 aliphatic heterocycles. The largest absolute Gasteiger partial charge is 0.481 e. The highest BCUT2D eigenvalue weighted by Crippen LogP contribution is 2.42. The third-order valence-corrected chi connectivity index (χ3v) is 16.1. The van der Waals surface area contributed by atoms with Crippen molar-refractivity contribution < 1.29 is 91.9 Å². The number of carbonyl (C=O) groups is 8. The highest BCUT2D eigenvalue weighted by molar-refractivity contribution is 9.09. The van der Waals surface area contributed by atoms with E-state index in [1.807, 2.05) is 12.1 Å². The number of esters is 6. The first-order valence-electron chi connectivity index (χ1n) is 28.9. The average Bonchev–Trinajstić information content (AvgIpc) is 2.67. The number of carbonyl (C=O) groups excluding carboxylic acids is 6. The van der Waals surface area contributed by atoms with E-state index in [-0.39, 0.29) is 36.2 Å². The molecule has 2 atom stereocenters. The molecule has 2 aliphatic carbocycles. The molecule has 4 aromatic carbocycles. The molecule has 4 fully saturated rings. The smallest absolute Gasteiger partial charge is 0.337 e. The SMILES string of the molecule is BrCCCCCBr.COC(=O)c1ccc(C2(C(=O)O)CCCCC2)cc1.COC(=O)c1ccc(C2(C(=O)OC3CCCCO3)CCCCC2)cc1.COC(=O)c1ccc(CC(=O)O)cc1.COC(=O)c1ccc(CC(=O)OC2CCCCO2)cc1.[OH3+]. The lowest BCUT2D eigenvalue weighted by Gasteiger charge is -2.37. The monoisotopic (exact) mass is 1330 g/mol. The highest BCUT2D eigenvalue weighted by Gasteiger charge is 2.44. The maximum absolute atomic E-state index is 13.1. The Morgan fingerprint density at radius 3 is 1.14 bits per heavy atom. The van der Waals surface area contributed by atoms with Crippen molar-refractivity contribution in [3.63, 3.8) is 0 Å². The van der Waals surface area contributed by atoms with E-state index in [4.69, 9.17) is 28.8 Å². The molecule has 0 spiro atoms. The van der Waals surface area contributed by atoms with Crippen LogP contribution in [0.4, 0.5) is 0 Å². The van der Waals surface area contributed by atoms with Crippen molar-refractivity contribution in [3.8, 4) is 0 Å². The molecule has 2 saturated carbocycles. The molecule has 4 aromatic rings. The van der Waals surface area contributed by atoms with Gasteiger partial charge >= 0.3 is 47.8 Å². The lowest BCUT2D eigenvalue weighted by molar-refractivity contribution is -0.194. The minimum atomic E-state index is -0.893. The van der Waals surface area contributed by atoms with Gasteiger partial charge in [-0.2, -0.15) is 0 Å². The molecule has 4 aliphatic rings. The lowest BCUT2D eigenvalue weighted by atomic mass is 9.69. The van der Waals surface area contributed by atoms with Gasteiger partial charge in [-0.05, 0) is 135 Å². The summed E-state index contributed by atoms with van der Waals surface area (Å²) in [5.74, 6) is -3.76. The van der Waals surface area contributed by atoms with Crippen molar-refractivity contribution in [1.29, 1.82) is 0 Å². The first-order chi connectivity index (χ1) is 41.0. The summed E-state index contributed by atoms with van der Waals surface area (Å²) in [5, 5.41) is 20.4. The molecule has 472 valence electrons. The Hall–Kier alpha value is -6.52. The molecule has 0 bridgehead atoms. The minimum absolute atomic E-state index is 0. The fraction of sp³-hybridized carbons (Fsp3) is 0.508. The van der Waals surface area contributed by atoms with Crippen molar-refractivity contribution in [2.24, 2.45) is 0 Å². The molecule has 19 nitrogen and oxygen atoms in total. The van der Waals surface area contributed by atoms with Gasteiger partial charge in [-0.25, -0.2) is 19.2 Å². The van der Waals surface area contributed by atoms with Crippen LogP contribution in [0, 0.1) is 0 Å². The van der Waals surface area contributed by atoms with E-state index in [1.165, 1.54) is 47.7 Å². The Balaban J connectivity index is 0.000000293. The summed E-state index contributed by atoms with van der Waals surface area (Å²) in [6.07, 6.45) is 17.8. The van der Waals surface area contributed by atoms with Gasteiger partial charge in [0.25, 0.3) is 0 Å².